The average molecular weight is 327 g/mol. The number of hydrogen-bond donors (Lipinski definition) is 1. The average Bonchev–Trinajstić information content (AvgIpc) is 3.01. The first-order valence-electron chi connectivity index (χ1n) is 7.93. The van der Waals surface area contributed by atoms with Gasteiger partial charge in [0.05, 0.1) is 35.1 Å². The second-order valence-electron chi connectivity index (χ2n) is 7.55. The number of nitrogens with zero attached hydrogens (tertiary/aromatic N) is 2. The van der Waals surface area contributed by atoms with Crippen LogP contribution in [0.4, 0.5) is 0 Å². The van der Waals surface area contributed by atoms with Crippen molar-refractivity contribution in [3.8, 4) is 5.75 Å². The summed E-state index contributed by atoms with van der Waals surface area (Å²) in [6, 6.07) is -0.0637. The van der Waals surface area contributed by atoms with Crippen molar-refractivity contribution in [2.75, 3.05) is 7.11 Å². The molecule has 1 fully saturated rings. The molecule has 6 heteroatoms. The van der Waals surface area contributed by atoms with Crippen LogP contribution in [0.25, 0.3) is 0 Å². The maximum Gasteiger partial charge on any atom is 0.161 e. The summed E-state index contributed by atoms with van der Waals surface area (Å²) in [7, 11) is 2.41. The van der Waals surface area contributed by atoms with Crippen LogP contribution < -0.4 is 9.46 Å². The van der Waals surface area contributed by atoms with E-state index in [1.807, 2.05) is 34.0 Å². The molecule has 1 aromatic heterocycles. The van der Waals surface area contributed by atoms with Gasteiger partial charge in [0.15, 0.2) is 5.75 Å². The van der Waals surface area contributed by atoms with Gasteiger partial charge in [0.2, 0.25) is 0 Å². The lowest BCUT2D eigenvalue weighted by Crippen LogP contribution is -2.42. The van der Waals surface area contributed by atoms with E-state index < -0.39 is 11.0 Å². The normalized spacial score (nSPS) is 20.8. The van der Waals surface area contributed by atoms with E-state index in [0.717, 1.165) is 24.3 Å². The maximum atomic E-state index is 12.7. The summed E-state index contributed by atoms with van der Waals surface area (Å²) in [5.41, 5.74) is 0.926. The predicted octanol–water partition coefficient (Wildman–Crippen LogP) is 3.10. The molecule has 1 aromatic rings. The monoisotopic (exact) mass is 327 g/mol. The van der Waals surface area contributed by atoms with Crippen LogP contribution in [-0.4, -0.2) is 25.8 Å². The SMILES string of the molecule is COc1cn(C)nc1[C@H](NS(=O)C(C)(C)C)C1(C)CCCC1. The minimum atomic E-state index is -1.15. The van der Waals surface area contributed by atoms with Gasteiger partial charge in [-0.25, -0.2) is 8.93 Å². The molecule has 0 aliphatic heterocycles. The van der Waals surface area contributed by atoms with Gasteiger partial charge in [-0.15, -0.1) is 0 Å². The third kappa shape index (κ3) is 3.54. The molecule has 0 spiro atoms. The zero-order chi connectivity index (χ0) is 16.5. The molecule has 1 saturated carbocycles. The summed E-state index contributed by atoms with van der Waals surface area (Å²) >= 11 is 0. The number of aromatic nitrogens is 2. The molecule has 0 saturated heterocycles. The molecule has 2 atom stereocenters. The van der Waals surface area contributed by atoms with Crippen molar-refractivity contribution in [1.82, 2.24) is 14.5 Å². The van der Waals surface area contributed by atoms with Crippen LogP contribution in [0.1, 0.15) is 65.1 Å². The molecule has 1 unspecified atom stereocenters. The van der Waals surface area contributed by atoms with Gasteiger partial charge >= 0.3 is 0 Å². The third-order valence-electron chi connectivity index (χ3n) is 4.54. The van der Waals surface area contributed by atoms with Gasteiger partial charge in [0, 0.05) is 7.05 Å². The van der Waals surface area contributed by atoms with E-state index in [1.54, 1.807) is 11.8 Å². The van der Waals surface area contributed by atoms with Gasteiger partial charge in [-0.1, -0.05) is 19.8 Å². The van der Waals surface area contributed by atoms with Crippen LogP contribution >= 0.6 is 0 Å². The molecular formula is C16H29N3O2S. The van der Waals surface area contributed by atoms with E-state index in [-0.39, 0.29) is 16.2 Å². The Morgan fingerprint density at radius 3 is 2.50 bits per heavy atom. The van der Waals surface area contributed by atoms with E-state index in [9.17, 15) is 4.21 Å². The predicted molar refractivity (Wildman–Crippen MR) is 90.1 cm³/mol. The molecule has 0 radical (unpaired) electrons. The Morgan fingerprint density at radius 2 is 2.00 bits per heavy atom. The van der Waals surface area contributed by atoms with Crippen molar-refractivity contribution in [1.29, 1.82) is 0 Å². The summed E-state index contributed by atoms with van der Waals surface area (Å²) in [4.78, 5) is 0. The highest BCUT2D eigenvalue weighted by molar-refractivity contribution is 7.84. The summed E-state index contributed by atoms with van der Waals surface area (Å²) in [6.07, 6.45) is 6.54. The Morgan fingerprint density at radius 1 is 1.41 bits per heavy atom. The molecule has 126 valence electrons. The fourth-order valence-corrected chi connectivity index (χ4v) is 4.09. The molecule has 5 nitrogen and oxygen atoms in total. The molecule has 1 N–H and O–H groups in total. The molecule has 0 amide bonds. The fourth-order valence-electron chi connectivity index (χ4n) is 3.12. The van der Waals surface area contributed by atoms with Crippen LogP contribution in [0.3, 0.4) is 0 Å². The molecule has 0 bridgehead atoms. The van der Waals surface area contributed by atoms with Crippen LogP contribution in [-0.2, 0) is 18.0 Å². The Bertz CT molecular complexity index is 542. The van der Waals surface area contributed by atoms with Gasteiger partial charge in [-0.3, -0.25) is 4.68 Å². The van der Waals surface area contributed by atoms with Crippen molar-refractivity contribution in [2.45, 2.75) is 64.2 Å². The van der Waals surface area contributed by atoms with Crippen molar-refractivity contribution in [3.05, 3.63) is 11.9 Å². The third-order valence-corrected chi connectivity index (χ3v) is 6.10. The van der Waals surface area contributed by atoms with Crippen LogP contribution in [0.5, 0.6) is 5.75 Å². The highest BCUT2D eigenvalue weighted by atomic mass is 32.2. The number of rotatable bonds is 5. The highest BCUT2D eigenvalue weighted by Crippen LogP contribution is 2.48. The number of nitrogens with one attached hydrogen (secondary N) is 1. The number of aryl methyl sites for hydroxylation is 1. The number of hydrogen-bond acceptors (Lipinski definition) is 3. The maximum absolute atomic E-state index is 12.7. The van der Waals surface area contributed by atoms with E-state index in [2.05, 4.69) is 16.7 Å². The van der Waals surface area contributed by atoms with Crippen molar-refractivity contribution >= 4 is 11.0 Å². The molecule has 1 heterocycles. The molecule has 2 rings (SSSR count). The highest BCUT2D eigenvalue weighted by Gasteiger charge is 2.42. The Hall–Kier alpha value is -0.880. The fraction of sp³-hybridized carbons (Fsp3) is 0.812. The minimum absolute atomic E-state index is 0.0581. The van der Waals surface area contributed by atoms with Gasteiger partial charge in [-0.2, -0.15) is 5.10 Å². The Labute approximate surface area is 136 Å². The second kappa shape index (κ2) is 6.32. The zero-order valence-electron chi connectivity index (χ0n) is 14.6. The summed E-state index contributed by atoms with van der Waals surface area (Å²) < 4.78 is 23.0. The summed E-state index contributed by atoms with van der Waals surface area (Å²) in [6.45, 7) is 8.23. The first-order valence-corrected chi connectivity index (χ1v) is 9.08. The van der Waals surface area contributed by atoms with E-state index in [1.165, 1.54) is 12.8 Å². The van der Waals surface area contributed by atoms with Crippen LogP contribution in [0.2, 0.25) is 0 Å². The van der Waals surface area contributed by atoms with Crippen molar-refractivity contribution in [2.24, 2.45) is 12.5 Å². The van der Waals surface area contributed by atoms with E-state index in [0.29, 0.717) is 0 Å². The largest absolute Gasteiger partial charge is 0.493 e. The van der Waals surface area contributed by atoms with E-state index >= 15 is 0 Å². The Kier molecular flexibility index (Phi) is 5.02. The smallest absolute Gasteiger partial charge is 0.161 e. The molecule has 22 heavy (non-hydrogen) atoms. The first kappa shape index (κ1) is 17.5. The lowest BCUT2D eigenvalue weighted by atomic mass is 9.79. The van der Waals surface area contributed by atoms with Gasteiger partial charge in [0.25, 0.3) is 0 Å². The number of ether oxygens (including phenoxy) is 1. The first-order chi connectivity index (χ1) is 10.2. The van der Waals surface area contributed by atoms with Crippen LogP contribution in [0, 0.1) is 5.41 Å². The van der Waals surface area contributed by atoms with Crippen molar-refractivity contribution < 1.29 is 8.95 Å². The van der Waals surface area contributed by atoms with Gasteiger partial charge < -0.3 is 4.74 Å². The van der Waals surface area contributed by atoms with E-state index in [4.69, 9.17) is 4.74 Å². The quantitative estimate of drug-likeness (QED) is 0.904. The second-order valence-corrected chi connectivity index (χ2v) is 9.55. The zero-order valence-corrected chi connectivity index (χ0v) is 15.4. The number of methoxy groups -OCH3 is 1. The minimum Gasteiger partial charge on any atom is -0.493 e. The molecule has 1 aliphatic carbocycles. The Balaban J connectivity index is 2.39. The topological polar surface area (TPSA) is 56.1 Å². The van der Waals surface area contributed by atoms with Gasteiger partial charge in [-0.05, 0) is 39.0 Å². The van der Waals surface area contributed by atoms with Crippen molar-refractivity contribution in [3.63, 3.8) is 0 Å². The lowest BCUT2D eigenvalue weighted by molar-refractivity contribution is 0.239. The van der Waals surface area contributed by atoms with Gasteiger partial charge in [0.1, 0.15) is 5.69 Å². The molecule has 0 aromatic carbocycles. The summed E-state index contributed by atoms with van der Waals surface area (Å²) in [5, 5.41) is 4.60. The molecular weight excluding hydrogens is 298 g/mol. The van der Waals surface area contributed by atoms with Crippen LogP contribution in [0.15, 0.2) is 6.20 Å². The lowest BCUT2D eigenvalue weighted by Gasteiger charge is -2.35. The molecule has 1 aliphatic rings. The summed E-state index contributed by atoms with van der Waals surface area (Å²) in [5.74, 6) is 0.763. The standard InChI is InChI=1S/C16H29N3O2S/c1-15(2,3)22(20)18-14(16(4)9-7-8-10-16)13-12(21-6)11-19(5)17-13/h11,14,18H,7-10H2,1-6H3/t14-,22?/m0/s1.